The first-order valence-electron chi connectivity index (χ1n) is 8.79. The second kappa shape index (κ2) is 7.13. The van der Waals surface area contributed by atoms with E-state index in [1.165, 1.54) is 19.3 Å². The van der Waals surface area contributed by atoms with Gasteiger partial charge in [0, 0.05) is 31.7 Å². The fraction of sp³-hybridized carbons (Fsp3) is 0.500. The van der Waals surface area contributed by atoms with Crippen LogP contribution in [0.4, 0.5) is 11.9 Å². The van der Waals surface area contributed by atoms with Gasteiger partial charge in [-0.15, -0.1) is 0 Å². The third kappa shape index (κ3) is 3.33. The van der Waals surface area contributed by atoms with Gasteiger partial charge in [0.2, 0.25) is 11.9 Å². The summed E-state index contributed by atoms with van der Waals surface area (Å²) in [6.07, 6.45) is 3.71. The number of anilines is 2. The third-order valence-corrected chi connectivity index (χ3v) is 4.58. The monoisotopic (exact) mass is 325 g/mol. The molecule has 0 aliphatic carbocycles. The Kier molecular flexibility index (Phi) is 4.55. The minimum Gasteiger partial charge on any atom is -0.378 e. The summed E-state index contributed by atoms with van der Waals surface area (Å²) in [6, 6.07) is 10.2. The van der Waals surface area contributed by atoms with Crippen molar-refractivity contribution in [1.82, 2.24) is 15.0 Å². The van der Waals surface area contributed by atoms with Crippen molar-refractivity contribution in [1.29, 1.82) is 0 Å². The largest absolute Gasteiger partial charge is 0.378 e. The van der Waals surface area contributed by atoms with E-state index in [9.17, 15) is 0 Å². The molecule has 3 heterocycles. The molecule has 4 rings (SSSR count). The van der Waals surface area contributed by atoms with Gasteiger partial charge in [-0.2, -0.15) is 15.0 Å². The summed E-state index contributed by atoms with van der Waals surface area (Å²) in [5, 5.41) is 0. The molecule has 1 aromatic heterocycles. The van der Waals surface area contributed by atoms with E-state index in [1.807, 2.05) is 18.2 Å². The average Bonchev–Trinajstić information content (AvgIpc) is 2.70. The molecule has 0 radical (unpaired) electrons. The van der Waals surface area contributed by atoms with Crippen LogP contribution in [-0.2, 0) is 4.74 Å². The maximum atomic E-state index is 5.46. The lowest BCUT2D eigenvalue weighted by Crippen LogP contribution is -2.38. The lowest BCUT2D eigenvalue weighted by atomic mass is 10.1. The highest BCUT2D eigenvalue weighted by molar-refractivity contribution is 5.58. The first kappa shape index (κ1) is 15.3. The zero-order chi connectivity index (χ0) is 16.2. The average molecular weight is 325 g/mol. The summed E-state index contributed by atoms with van der Waals surface area (Å²) in [6.45, 7) is 5.17. The summed E-state index contributed by atoms with van der Waals surface area (Å²) in [4.78, 5) is 18.8. The van der Waals surface area contributed by atoms with E-state index in [2.05, 4.69) is 21.9 Å². The minimum atomic E-state index is 0.728. The summed E-state index contributed by atoms with van der Waals surface area (Å²) in [7, 11) is 0. The molecule has 0 saturated carbocycles. The van der Waals surface area contributed by atoms with E-state index < -0.39 is 0 Å². The van der Waals surface area contributed by atoms with E-state index >= 15 is 0 Å². The molecule has 0 bridgehead atoms. The van der Waals surface area contributed by atoms with Crippen LogP contribution in [0.1, 0.15) is 19.3 Å². The molecule has 2 aliphatic heterocycles. The van der Waals surface area contributed by atoms with Gasteiger partial charge in [-0.1, -0.05) is 30.3 Å². The highest BCUT2D eigenvalue weighted by Crippen LogP contribution is 2.23. The maximum absolute atomic E-state index is 5.46. The Balaban J connectivity index is 1.72. The molecule has 126 valence electrons. The summed E-state index contributed by atoms with van der Waals surface area (Å²) in [5.74, 6) is 2.34. The molecule has 0 unspecified atom stereocenters. The topological polar surface area (TPSA) is 54.4 Å². The number of hydrogen-bond donors (Lipinski definition) is 0. The van der Waals surface area contributed by atoms with E-state index in [4.69, 9.17) is 19.7 Å². The van der Waals surface area contributed by atoms with Gasteiger partial charge in [0.25, 0.3) is 0 Å². The standard InChI is InChI=1S/C18H23N5O/c1-3-7-15(8-4-1)16-19-17(22-9-5-2-6-10-22)21-18(20-16)23-11-13-24-14-12-23/h1,3-4,7-8H,2,5-6,9-14H2. The first-order chi connectivity index (χ1) is 11.9. The molecule has 2 saturated heterocycles. The van der Waals surface area contributed by atoms with Crippen LogP contribution in [-0.4, -0.2) is 54.3 Å². The quantitative estimate of drug-likeness (QED) is 0.863. The Hall–Kier alpha value is -2.21. The van der Waals surface area contributed by atoms with Crippen molar-refractivity contribution < 1.29 is 4.74 Å². The molecule has 24 heavy (non-hydrogen) atoms. The highest BCUT2D eigenvalue weighted by atomic mass is 16.5. The van der Waals surface area contributed by atoms with Crippen LogP contribution in [0, 0.1) is 0 Å². The Bertz CT molecular complexity index is 630. The van der Waals surface area contributed by atoms with Crippen molar-refractivity contribution in [3.05, 3.63) is 30.3 Å². The Morgan fingerprint density at radius 2 is 1.33 bits per heavy atom. The summed E-state index contributed by atoms with van der Waals surface area (Å²) in [5.41, 5.74) is 1.03. The molecule has 0 atom stereocenters. The van der Waals surface area contributed by atoms with Crippen LogP contribution >= 0.6 is 0 Å². The van der Waals surface area contributed by atoms with Gasteiger partial charge in [0.05, 0.1) is 13.2 Å². The molecule has 6 heteroatoms. The minimum absolute atomic E-state index is 0.728. The predicted octanol–water partition coefficient (Wildman–Crippen LogP) is 2.37. The van der Waals surface area contributed by atoms with Crippen LogP contribution in [0.15, 0.2) is 30.3 Å². The van der Waals surface area contributed by atoms with Crippen molar-refractivity contribution >= 4 is 11.9 Å². The van der Waals surface area contributed by atoms with Crippen molar-refractivity contribution in [3.8, 4) is 11.4 Å². The number of hydrogen-bond acceptors (Lipinski definition) is 6. The molecule has 0 amide bonds. The normalized spacial score (nSPS) is 18.7. The number of benzene rings is 1. The van der Waals surface area contributed by atoms with Gasteiger partial charge in [-0.3, -0.25) is 0 Å². The Labute approximate surface area is 142 Å². The van der Waals surface area contributed by atoms with Gasteiger partial charge in [0.15, 0.2) is 5.82 Å². The maximum Gasteiger partial charge on any atom is 0.230 e. The van der Waals surface area contributed by atoms with Crippen LogP contribution in [0.2, 0.25) is 0 Å². The Morgan fingerprint density at radius 3 is 2.00 bits per heavy atom. The van der Waals surface area contributed by atoms with Crippen molar-refractivity contribution in [3.63, 3.8) is 0 Å². The molecular formula is C18H23N5O. The van der Waals surface area contributed by atoms with Crippen LogP contribution in [0.5, 0.6) is 0 Å². The number of morpholine rings is 1. The molecule has 2 fully saturated rings. The zero-order valence-corrected chi connectivity index (χ0v) is 13.9. The molecule has 2 aromatic rings. The van der Waals surface area contributed by atoms with E-state index in [1.54, 1.807) is 0 Å². The second-order valence-electron chi connectivity index (χ2n) is 6.27. The summed E-state index contributed by atoms with van der Waals surface area (Å²) < 4.78 is 5.46. The second-order valence-corrected chi connectivity index (χ2v) is 6.27. The Morgan fingerprint density at radius 1 is 0.708 bits per heavy atom. The van der Waals surface area contributed by atoms with Gasteiger partial charge < -0.3 is 14.5 Å². The van der Waals surface area contributed by atoms with Gasteiger partial charge >= 0.3 is 0 Å². The van der Waals surface area contributed by atoms with E-state index in [0.717, 1.165) is 62.7 Å². The summed E-state index contributed by atoms with van der Waals surface area (Å²) >= 11 is 0. The predicted molar refractivity (Wildman–Crippen MR) is 94.4 cm³/mol. The zero-order valence-electron chi connectivity index (χ0n) is 13.9. The number of aromatic nitrogens is 3. The van der Waals surface area contributed by atoms with Gasteiger partial charge in [-0.25, -0.2) is 0 Å². The third-order valence-electron chi connectivity index (χ3n) is 4.58. The highest BCUT2D eigenvalue weighted by Gasteiger charge is 2.20. The van der Waals surface area contributed by atoms with E-state index in [-0.39, 0.29) is 0 Å². The fourth-order valence-electron chi connectivity index (χ4n) is 3.21. The van der Waals surface area contributed by atoms with Crippen LogP contribution < -0.4 is 9.80 Å². The molecule has 0 N–H and O–H groups in total. The van der Waals surface area contributed by atoms with Gasteiger partial charge in [-0.05, 0) is 19.3 Å². The number of nitrogens with zero attached hydrogens (tertiary/aromatic N) is 5. The lowest BCUT2D eigenvalue weighted by molar-refractivity contribution is 0.122. The number of rotatable bonds is 3. The number of piperidine rings is 1. The molecule has 6 nitrogen and oxygen atoms in total. The van der Waals surface area contributed by atoms with Crippen molar-refractivity contribution in [2.75, 3.05) is 49.2 Å². The molecule has 2 aliphatic rings. The number of ether oxygens (including phenoxy) is 1. The molecular weight excluding hydrogens is 302 g/mol. The van der Waals surface area contributed by atoms with Crippen molar-refractivity contribution in [2.24, 2.45) is 0 Å². The fourth-order valence-corrected chi connectivity index (χ4v) is 3.21. The van der Waals surface area contributed by atoms with Crippen LogP contribution in [0.25, 0.3) is 11.4 Å². The smallest absolute Gasteiger partial charge is 0.230 e. The van der Waals surface area contributed by atoms with Crippen LogP contribution in [0.3, 0.4) is 0 Å². The van der Waals surface area contributed by atoms with Gasteiger partial charge in [0.1, 0.15) is 0 Å². The first-order valence-corrected chi connectivity index (χ1v) is 8.79. The molecule has 0 spiro atoms. The lowest BCUT2D eigenvalue weighted by Gasteiger charge is -2.30. The SMILES string of the molecule is c1ccc(-c2nc(N3CCCCC3)nc(N3CCOCC3)n2)cc1. The van der Waals surface area contributed by atoms with E-state index in [0.29, 0.717) is 0 Å². The molecule has 1 aromatic carbocycles. The van der Waals surface area contributed by atoms with Crippen molar-refractivity contribution in [2.45, 2.75) is 19.3 Å².